The summed E-state index contributed by atoms with van der Waals surface area (Å²) in [6.07, 6.45) is 4.12. The first-order valence-corrected chi connectivity index (χ1v) is 9.42. The fourth-order valence-electron chi connectivity index (χ4n) is 4.03. The molecule has 1 aromatic rings. The molecule has 0 aromatic carbocycles. The predicted molar refractivity (Wildman–Crippen MR) is 93.3 cm³/mol. The number of anilines is 1. The van der Waals surface area contributed by atoms with Crippen molar-refractivity contribution in [3.63, 3.8) is 0 Å². The third kappa shape index (κ3) is 5.52. The van der Waals surface area contributed by atoms with Crippen LogP contribution in [-0.2, 0) is 4.79 Å². The van der Waals surface area contributed by atoms with E-state index < -0.39 is 12.1 Å². The summed E-state index contributed by atoms with van der Waals surface area (Å²) in [4.78, 5) is 22.1. The van der Waals surface area contributed by atoms with E-state index in [-0.39, 0.29) is 5.82 Å². The molecule has 1 unspecified atom stereocenters. The van der Waals surface area contributed by atoms with Crippen LogP contribution in [0.15, 0.2) is 12.4 Å². The summed E-state index contributed by atoms with van der Waals surface area (Å²) >= 11 is 0. The van der Waals surface area contributed by atoms with Crippen LogP contribution in [0.2, 0.25) is 0 Å². The predicted octanol–water partition coefficient (Wildman–Crippen LogP) is 2.95. The second-order valence-electron chi connectivity index (χ2n) is 7.96. The van der Waals surface area contributed by atoms with Crippen molar-refractivity contribution >= 4 is 11.9 Å². The number of alkyl halides is 3. The molecule has 1 N–H and O–H groups in total. The molecule has 0 amide bonds. The number of likely N-dealkylation sites (tertiary alicyclic amines) is 1. The lowest BCUT2D eigenvalue weighted by atomic mass is 9.79. The topological polar surface area (TPSA) is 69.6 Å². The van der Waals surface area contributed by atoms with Crippen molar-refractivity contribution in [3.8, 4) is 0 Å². The molecule has 1 aliphatic carbocycles. The zero-order valence-electron chi connectivity index (χ0n) is 15.5. The van der Waals surface area contributed by atoms with Crippen LogP contribution in [0.5, 0.6) is 0 Å². The van der Waals surface area contributed by atoms with Gasteiger partial charge in [-0.1, -0.05) is 0 Å². The summed E-state index contributed by atoms with van der Waals surface area (Å²) in [5.74, 6) is -1.45. The van der Waals surface area contributed by atoms with E-state index >= 15 is 0 Å². The number of halogens is 4. The average Bonchev–Trinajstić information content (AvgIpc) is 3.37. The summed E-state index contributed by atoms with van der Waals surface area (Å²) in [5.41, 5.74) is 0.408. The van der Waals surface area contributed by atoms with Crippen LogP contribution in [0.4, 0.5) is 23.5 Å². The van der Waals surface area contributed by atoms with Crippen molar-refractivity contribution in [2.24, 2.45) is 11.3 Å². The Morgan fingerprint density at radius 1 is 1.18 bits per heavy atom. The second kappa shape index (κ2) is 8.18. The summed E-state index contributed by atoms with van der Waals surface area (Å²) in [6, 6.07) is 0. The Kier molecular flexibility index (Phi) is 6.07. The van der Waals surface area contributed by atoms with Crippen molar-refractivity contribution in [2.75, 3.05) is 37.6 Å². The van der Waals surface area contributed by atoms with Gasteiger partial charge in [-0.05, 0) is 44.6 Å². The fourth-order valence-corrected chi connectivity index (χ4v) is 4.03. The van der Waals surface area contributed by atoms with E-state index in [1.807, 2.05) is 0 Å². The van der Waals surface area contributed by atoms with Gasteiger partial charge in [-0.2, -0.15) is 13.2 Å². The van der Waals surface area contributed by atoms with Crippen molar-refractivity contribution in [1.82, 2.24) is 14.9 Å². The van der Waals surface area contributed by atoms with Gasteiger partial charge in [0.05, 0.1) is 12.4 Å². The lowest BCUT2D eigenvalue weighted by molar-refractivity contribution is -0.192. The number of carboxylic acid groups (broad SMARTS) is 1. The molecular weight excluding hydrogens is 380 g/mol. The summed E-state index contributed by atoms with van der Waals surface area (Å²) in [6.45, 7) is 5.79. The van der Waals surface area contributed by atoms with Gasteiger partial charge < -0.3 is 14.9 Å². The standard InChI is InChI=1S/C16H23FN4.C2HF3O2/c17-14-8-18-15(19-9-14)21-6-1-4-16(12-21)5-7-20(11-16)10-13-2-3-13;3-2(4,5)1(6)7/h8-9,13H,1-7,10-12H2;(H,6,7). The molecule has 28 heavy (non-hydrogen) atoms. The minimum absolute atomic E-state index is 0.359. The van der Waals surface area contributed by atoms with E-state index in [4.69, 9.17) is 9.90 Å². The highest BCUT2D eigenvalue weighted by molar-refractivity contribution is 5.73. The first-order chi connectivity index (χ1) is 13.2. The number of carbonyl (C=O) groups is 1. The smallest absolute Gasteiger partial charge is 0.475 e. The molecule has 1 spiro atoms. The quantitative estimate of drug-likeness (QED) is 0.782. The van der Waals surface area contributed by atoms with Gasteiger partial charge in [-0.3, -0.25) is 0 Å². The van der Waals surface area contributed by atoms with Crippen molar-refractivity contribution < 1.29 is 27.5 Å². The van der Waals surface area contributed by atoms with Crippen LogP contribution in [0, 0.1) is 17.2 Å². The van der Waals surface area contributed by atoms with E-state index in [2.05, 4.69) is 19.8 Å². The van der Waals surface area contributed by atoms with Crippen LogP contribution in [0.25, 0.3) is 0 Å². The van der Waals surface area contributed by atoms with Crippen molar-refractivity contribution in [2.45, 2.75) is 38.3 Å². The van der Waals surface area contributed by atoms with Crippen LogP contribution >= 0.6 is 0 Å². The lowest BCUT2D eigenvalue weighted by Gasteiger charge is -2.40. The number of rotatable bonds is 3. The Balaban J connectivity index is 0.000000279. The zero-order chi connectivity index (χ0) is 20.4. The van der Waals surface area contributed by atoms with Crippen LogP contribution < -0.4 is 4.90 Å². The highest BCUT2D eigenvalue weighted by Gasteiger charge is 2.43. The Bertz CT molecular complexity index is 681. The van der Waals surface area contributed by atoms with Gasteiger partial charge in [-0.15, -0.1) is 0 Å². The van der Waals surface area contributed by atoms with E-state index in [0.717, 1.165) is 19.0 Å². The molecule has 2 aliphatic heterocycles. The molecule has 1 saturated carbocycles. The van der Waals surface area contributed by atoms with Gasteiger partial charge in [0, 0.05) is 31.6 Å². The van der Waals surface area contributed by atoms with Gasteiger partial charge in [0.25, 0.3) is 0 Å². The number of aliphatic carboxylic acids is 1. The maximum Gasteiger partial charge on any atom is 0.490 e. The molecular formula is C18H24F4N4O2. The first-order valence-electron chi connectivity index (χ1n) is 9.42. The van der Waals surface area contributed by atoms with Gasteiger partial charge in [0.2, 0.25) is 5.95 Å². The Morgan fingerprint density at radius 3 is 2.39 bits per heavy atom. The third-order valence-corrected chi connectivity index (χ3v) is 5.52. The van der Waals surface area contributed by atoms with Crippen molar-refractivity contribution in [3.05, 3.63) is 18.2 Å². The van der Waals surface area contributed by atoms with Gasteiger partial charge in [-0.25, -0.2) is 19.2 Å². The number of carboxylic acids is 1. The Morgan fingerprint density at radius 2 is 1.82 bits per heavy atom. The normalized spacial score (nSPS) is 25.5. The first kappa shape index (κ1) is 20.8. The highest BCUT2D eigenvalue weighted by atomic mass is 19.4. The summed E-state index contributed by atoms with van der Waals surface area (Å²) in [5, 5.41) is 7.12. The third-order valence-electron chi connectivity index (χ3n) is 5.52. The van der Waals surface area contributed by atoms with Gasteiger partial charge >= 0.3 is 12.1 Å². The molecule has 1 atom stereocenters. The van der Waals surface area contributed by atoms with E-state index in [1.165, 1.54) is 64.1 Å². The van der Waals surface area contributed by atoms with E-state index in [1.54, 1.807) is 0 Å². The number of nitrogens with zero attached hydrogens (tertiary/aromatic N) is 4. The zero-order valence-corrected chi connectivity index (χ0v) is 15.5. The molecule has 1 aromatic heterocycles. The minimum atomic E-state index is -5.08. The lowest BCUT2D eigenvalue weighted by Crippen LogP contribution is -2.45. The van der Waals surface area contributed by atoms with Gasteiger partial charge in [0.1, 0.15) is 0 Å². The maximum absolute atomic E-state index is 13.0. The average molecular weight is 404 g/mol. The summed E-state index contributed by atoms with van der Waals surface area (Å²) < 4.78 is 44.7. The molecule has 4 rings (SSSR count). The molecule has 3 aliphatic rings. The van der Waals surface area contributed by atoms with Gasteiger partial charge in [0.15, 0.2) is 5.82 Å². The number of hydrogen-bond donors (Lipinski definition) is 1. The molecule has 3 heterocycles. The number of aromatic nitrogens is 2. The molecule has 156 valence electrons. The maximum atomic E-state index is 13.0. The molecule has 0 bridgehead atoms. The Hall–Kier alpha value is -1.97. The molecule has 10 heteroatoms. The van der Waals surface area contributed by atoms with E-state index in [0.29, 0.717) is 11.4 Å². The highest BCUT2D eigenvalue weighted by Crippen LogP contribution is 2.41. The number of hydrogen-bond acceptors (Lipinski definition) is 5. The SMILES string of the molecule is Fc1cnc(N2CCCC3(CCN(CC4CC4)C3)C2)nc1.O=C(O)C(F)(F)F. The van der Waals surface area contributed by atoms with Crippen molar-refractivity contribution in [1.29, 1.82) is 0 Å². The minimum Gasteiger partial charge on any atom is -0.475 e. The van der Waals surface area contributed by atoms with Crippen LogP contribution in [0.1, 0.15) is 32.1 Å². The second-order valence-corrected chi connectivity index (χ2v) is 7.96. The molecule has 3 fully saturated rings. The van der Waals surface area contributed by atoms with Crippen LogP contribution in [0.3, 0.4) is 0 Å². The van der Waals surface area contributed by atoms with Crippen LogP contribution in [-0.4, -0.2) is 64.8 Å². The monoisotopic (exact) mass is 404 g/mol. The molecule has 2 saturated heterocycles. The number of piperidine rings is 1. The summed E-state index contributed by atoms with van der Waals surface area (Å²) in [7, 11) is 0. The molecule has 0 radical (unpaired) electrons. The van der Waals surface area contributed by atoms with E-state index in [9.17, 15) is 17.6 Å². The largest absolute Gasteiger partial charge is 0.490 e. The fraction of sp³-hybridized carbons (Fsp3) is 0.722. The Labute approximate surface area is 160 Å². The molecule has 6 nitrogen and oxygen atoms in total.